The van der Waals surface area contributed by atoms with Gasteiger partial charge in [0.15, 0.2) is 6.10 Å². The molecule has 28 heavy (non-hydrogen) atoms. The van der Waals surface area contributed by atoms with Crippen molar-refractivity contribution in [2.75, 3.05) is 7.11 Å². The van der Waals surface area contributed by atoms with Crippen molar-refractivity contribution >= 4 is 23.4 Å². The van der Waals surface area contributed by atoms with Crippen LogP contribution in [0.1, 0.15) is 49.1 Å². The standard InChI is InChI=1S/C20H19NO7/c1-11-5-6-12(2)17(7-11)18(22)13(3)28-20(24)15-8-14(19(23)27-4)9-16(10-15)21(25)26/h5-10,13H,1-4H3/t13-/m1/s1. The van der Waals surface area contributed by atoms with Gasteiger partial charge in [0, 0.05) is 17.7 Å². The minimum absolute atomic E-state index is 0.169. The quantitative estimate of drug-likeness (QED) is 0.324. The monoisotopic (exact) mass is 385 g/mol. The summed E-state index contributed by atoms with van der Waals surface area (Å²) in [5, 5.41) is 11.1. The van der Waals surface area contributed by atoms with Gasteiger partial charge in [-0.05, 0) is 38.5 Å². The molecule has 0 fully saturated rings. The highest BCUT2D eigenvalue weighted by Gasteiger charge is 2.24. The zero-order valence-corrected chi connectivity index (χ0v) is 15.8. The Labute approximate surface area is 161 Å². The lowest BCUT2D eigenvalue weighted by Crippen LogP contribution is -2.25. The lowest BCUT2D eigenvalue weighted by Gasteiger charge is -2.14. The average molecular weight is 385 g/mol. The average Bonchev–Trinajstić information content (AvgIpc) is 2.67. The van der Waals surface area contributed by atoms with Gasteiger partial charge >= 0.3 is 11.9 Å². The second kappa shape index (κ2) is 8.43. The van der Waals surface area contributed by atoms with Crippen LogP contribution in [0.5, 0.6) is 0 Å². The van der Waals surface area contributed by atoms with Gasteiger partial charge in [0.1, 0.15) is 0 Å². The van der Waals surface area contributed by atoms with Crippen LogP contribution in [0.4, 0.5) is 5.69 Å². The van der Waals surface area contributed by atoms with E-state index < -0.39 is 34.4 Å². The molecule has 0 unspecified atom stereocenters. The van der Waals surface area contributed by atoms with E-state index >= 15 is 0 Å². The Balaban J connectivity index is 2.29. The summed E-state index contributed by atoms with van der Waals surface area (Å²) in [6.45, 7) is 5.02. The van der Waals surface area contributed by atoms with E-state index in [-0.39, 0.29) is 11.1 Å². The van der Waals surface area contributed by atoms with Gasteiger partial charge in [-0.1, -0.05) is 17.7 Å². The number of carbonyl (C=O) groups is 3. The molecule has 1 atom stereocenters. The third-order valence-corrected chi connectivity index (χ3v) is 4.10. The number of non-ortho nitro benzene ring substituents is 1. The van der Waals surface area contributed by atoms with E-state index in [1.54, 1.807) is 19.1 Å². The van der Waals surface area contributed by atoms with E-state index in [1.165, 1.54) is 6.92 Å². The van der Waals surface area contributed by atoms with Crippen molar-refractivity contribution in [3.63, 3.8) is 0 Å². The Hall–Kier alpha value is -3.55. The molecule has 0 bridgehead atoms. The third-order valence-electron chi connectivity index (χ3n) is 4.10. The summed E-state index contributed by atoms with van der Waals surface area (Å²) in [5.74, 6) is -2.19. The van der Waals surface area contributed by atoms with E-state index in [9.17, 15) is 24.5 Å². The van der Waals surface area contributed by atoms with Crippen molar-refractivity contribution in [2.24, 2.45) is 0 Å². The van der Waals surface area contributed by atoms with E-state index in [0.29, 0.717) is 5.56 Å². The summed E-state index contributed by atoms with van der Waals surface area (Å²) in [4.78, 5) is 47.1. The molecular weight excluding hydrogens is 366 g/mol. The largest absolute Gasteiger partial charge is 0.465 e. The fourth-order valence-electron chi connectivity index (χ4n) is 2.57. The number of esters is 2. The topological polar surface area (TPSA) is 113 Å². The van der Waals surface area contributed by atoms with Crippen LogP contribution in [0.15, 0.2) is 36.4 Å². The first-order valence-electron chi connectivity index (χ1n) is 8.34. The van der Waals surface area contributed by atoms with Crippen LogP contribution in [0.25, 0.3) is 0 Å². The molecule has 0 heterocycles. The Morgan fingerprint density at radius 3 is 2.18 bits per heavy atom. The molecule has 0 saturated heterocycles. The maximum absolute atomic E-state index is 12.6. The van der Waals surface area contributed by atoms with Gasteiger partial charge in [0.25, 0.3) is 5.69 Å². The molecule has 0 aliphatic heterocycles. The van der Waals surface area contributed by atoms with Crippen LogP contribution >= 0.6 is 0 Å². The summed E-state index contributed by atoms with van der Waals surface area (Å²) in [5.41, 5.74) is 1.18. The number of carbonyl (C=O) groups excluding carboxylic acids is 3. The number of ether oxygens (including phenoxy) is 2. The van der Waals surface area contributed by atoms with Gasteiger partial charge in [0.05, 0.1) is 23.2 Å². The van der Waals surface area contributed by atoms with Crippen LogP contribution in [0.3, 0.4) is 0 Å². The first kappa shape index (κ1) is 20.8. The number of benzene rings is 2. The predicted molar refractivity (Wildman–Crippen MR) is 99.6 cm³/mol. The molecule has 0 spiro atoms. The first-order chi connectivity index (χ1) is 13.1. The number of hydrogen-bond acceptors (Lipinski definition) is 7. The number of ketones is 1. The summed E-state index contributed by atoms with van der Waals surface area (Å²) < 4.78 is 9.73. The van der Waals surface area contributed by atoms with Crippen molar-refractivity contribution in [1.29, 1.82) is 0 Å². The van der Waals surface area contributed by atoms with Crippen molar-refractivity contribution < 1.29 is 28.8 Å². The number of nitrogens with zero attached hydrogens (tertiary/aromatic N) is 1. The summed E-state index contributed by atoms with van der Waals surface area (Å²) >= 11 is 0. The molecule has 146 valence electrons. The molecule has 0 aliphatic carbocycles. The van der Waals surface area contributed by atoms with Gasteiger partial charge in [-0.15, -0.1) is 0 Å². The maximum atomic E-state index is 12.6. The molecule has 0 aromatic heterocycles. The minimum atomic E-state index is -1.12. The highest BCUT2D eigenvalue weighted by atomic mass is 16.6. The summed E-state index contributed by atoms with van der Waals surface area (Å²) in [6.07, 6.45) is -1.12. The smallest absolute Gasteiger partial charge is 0.339 e. The van der Waals surface area contributed by atoms with Gasteiger partial charge in [-0.2, -0.15) is 0 Å². The molecule has 0 aliphatic rings. The predicted octanol–water partition coefficient (Wildman–Crippen LogP) is 3.43. The number of Topliss-reactive ketones (excluding diaryl/α,β-unsaturated/α-hetero) is 1. The van der Waals surface area contributed by atoms with Crippen molar-refractivity contribution in [3.8, 4) is 0 Å². The first-order valence-corrected chi connectivity index (χ1v) is 8.34. The van der Waals surface area contributed by atoms with Crippen LogP contribution in [-0.2, 0) is 9.47 Å². The van der Waals surface area contributed by atoms with Crippen LogP contribution in [0, 0.1) is 24.0 Å². The highest BCUT2D eigenvalue weighted by Crippen LogP contribution is 2.20. The third kappa shape index (κ3) is 4.59. The molecular formula is C20H19NO7. The van der Waals surface area contributed by atoms with E-state index in [0.717, 1.165) is 36.4 Å². The minimum Gasteiger partial charge on any atom is -0.465 e. The number of methoxy groups -OCH3 is 1. The van der Waals surface area contributed by atoms with Gasteiger partial charge < -0.3 is 9.47 Å². The molecule has 2 aromatic carbocycles. The zero-order valence-electron chi connectivity index (χ0n) is 15.8. The molecule has 2 rings (SSSR count). The van der Waals surface area contributed by atoms with Gasteiger partial charge in [0.2, 0.25) is 5.78 Å². The lowest BCUT2D eigenvalue weighted by atomic mass is 9.99. The number of nitro benzene ring substituents is 1. The zero-order chi connectivity index (χ0) is 21.0. The van der Waals surface area contributed by atoms with Crippen LogP contribution < -0.4 is 0 Å². The Bertz CT molecular complexity index is 965. The SMILES string of the molecule is COC(=O)c1cc(C(=O)O[C@H](C)C(=O)c2cc(C)ccc2C)cc([N+](=O)[O-])c1. The number of rotatable bonds is 6. The Morgan fingerprint density at radius 1 is 1.00 bits per heavy atom. The van der Waals surface area contributed by atoms with Crippen molar-refractivity contribution in [1.82, 2.24) is 0 Å². The maximum Gasteiger partial charge on any atom is 0.339 e. The normalized spacial score (nSPS) is 11.4. The van der Waals surface area contributed by atoms with Crippen LogP contribution in [-0.4, -0.2) is 35.9 Å². The Kier molecular flexibility index (Phi) is 6.25. The highest BCUT2D eigenvalue weighted by molar-refractivity contribution is 6.03. The molecule has 0 amide bonds. The summed E-state index contributed by atoms with van der Waals surface area (Å²) in [7, 11) is 1.12. The Morgan fingerprint density at radius 2 is 1.61 bits per heavy atom. The molecule has 0 saturated carbocycles. The second-order valence-corrected chi connectivity index (χ2v) is 6.25. The van der Waals surface area contributed by atoms with E-state index in [4.69, 9.17) is 4.74 Å². The fraction of sp³-hybridized carbons (Fsp3) is 0.250. The van der Waals surface area contributed by atoms with Gasteiger partial charge in [-0.3, -0.25) is 14.9 Å². The molecule has 8 nitrogen and oxygen atoms in total. The fourth-order valence-corrected chi connectivity index (χ4v) is 2.57. The molecule has 8 heteroatoms. The number of hydrogen-bond donors (Lipinski definition) is 0. The van der Waals surface area contributed by atoms with Gasteiger partial charge in [-0.25, -0.2) is 9.59 Å². The number of nitro groups is 1. The molecule has 2 aromatic rings. The van der Waals surface area contributed by atoms with Crippen molar-refractivity contribution in [3.05, 3.63) is 74.3 Å². The molecule has 0 radical (unpaired) electrons. The van der Waals surface area contributed by atoms with E-state index in [1.807, 2.05) is 13.0 Å². The van der Waals surface area contributed by atoms with Crippen LogP contribution in [0.2, 0.25) is 0 Å². The lowest BCUT2D eigenvalue weighted by molar-refractivity contribution is -0.384. The number of aryl methyl sites for hydroxylation is 2. The van der Waals surface area contributed by atoms with Crippen molar-refractivity contribution in [2.45, 2.75) is 26.9 Å². The van der Waals surface area contributed by atoms with E-state index in [2.05, 4.69) is 4.74 Å². The molecule has 0 N–H and O–H groups in total. The summed E-state index contributed by atoms with van der Waals surface area (Å²) in [6, 6.07) is 8.44. The second-order valence-electron chi connectivity index (χ2n) is 6.25.